The van der Waals surface area contributed by atoms with Crippen molar-refractivity contribution in [1.29, 1.82) is 0 Å². The van der Waals surface area contributed by atoms with E-state index < -0.39 is 0 Å². The van der Waals surface area contributed by atoms with Gasteiger partial charge in [-0.1, -0.05) is 19.9 Å². The van der Waals surface area contributed by atoms with Gasteiger partial charge in [-0.05, 0) is 37.1 Å². The molecule has 0 aliphatic carbocycles. The van der Waals surface area contributed by atoms with Crippen LogP contribution >= 0.6 is 0 Å². The molecule has 3 nitrogen and oxygen atoms in total. The second-order valence-electron chi connectivity index (χ2n) is 4.05. The molecule has 1 aliphatic rings. The lowest BCUT2D eigenvalue weighted by Crippen LogP contribution is -2.30. The third-order valence-electron chi connectivity index (χ3n) is 2.90. The van der Waals surface area contributed by atoms with Crippen molar-refractivity contribution in [3.05, 3.63) is 23.8 Å². The van der Waals surface area contributed by atoms with Crippen LogP contribution in [0, 0.1) is 0 Å². The molecule has 0 radical (unpaired) electrons. The van der Waals surface area contributed by atoms with E-state index in [9.17, 15) is 0 Å². The van der Waals surface area contributed by atoms with E-state index in [1.807, 2.05) is 6.07 Å². The lowest BCUT2D eigenvalue weighted by molar-refractivity contribution is 0.174. The third kappa shape index (κ3) is 2.47. The monoisotopic (exact) mass is 221 g/mol. The smallest absolute Gasteiger partial charge is 0.231 e. The molecule has 16 heavy (non-hydrogen) atoms. The second kappa shape index (κ2) is 5.21. The van der Waals surface area contributed by atoms with Crippen molar-refractivity contribution in [3.8, 4) is 11.5 Å². The molecule has 1 aromatic carbocycles. The maximum absolute atomic E-state index is 5.37. The molecule has 0 bridgehead atoms. The van der Waals surface area contributed by atoms with Crippen LogP contribution in [0.5, 0.6) is 11.5 Å². The number of hydrogen-bond donors (Lipinski definition) is 1. The summed E-state index contributed by atoms with van der Waals surface area (Å²) in [6.07, 6.45) is 2.18. The highest BCUT2D eigenvalue weighted by molar-refractivity contribution is 5.44. The summed E-state index contributed by atoms with van der Waals surface area (Å²) in [5.41, 5.74) is 1.30. The van der Waals surface area contributed by atoms with Crippen LogP contribution in [0.4, 0.5) is 0 Å². The molecule has 0 unspecified atom stereocenters. The molecule has 1 aliphatic heterocycles. The predicted molar refractivity (Wildman–Crippen MR) is 64.0 cm³/mol. The fourth-order valence-electron chi connectivity index (χ4n) is 2.00. The van der Waals surface area contributed by atoms with Gasteiger partial charge >= 0.3 is 0 Å². The van der Waals surface area contributed by atoms with Crippen LogP contribution in [0.25, 0.3) is 0 Å². The summed E-state index contributed by atoms with van der Waals surface area (Å²) in [7, 11) is 0. The molecule has 3 heteroatoms. The Hall–Kier alpha value is -1.22. The normalized spacial score (nSPS) is 15.1. The highest BCUT2D eigenvalue weighted by Gasteiger charge is 2.14. The van der Waals surface area contributed by atoms with Crippen molar-refractivity contribution in [2.24, 2.45) is 0 Å². The minimum absolute atomic E-state index is 0.350. The molecule has 88 valence electrons. The van der Waals surface area contributed by atoms with Crippen LogP contribution < -0.4 is 14.8 Å². The van der Waals surface area contributed by atoms with Gasteiger partial charge in [0.15, 0.2) is 11.5 Å². The molecule has 0 spiro atoms. The number of rotatable bonds is 5. The molecule has 1 atom stereocenters. The number of fused-ring (bicyclic) bond motifs is 1. The number of ether oxygens (including phenoxy) is 2. The van der Waals surface area contributed by atoms with Crippen LogP contribution in [0.15, 0.2) is 18.2 Å². The maximum atomic E-state index is 5.37. The van der Waals surface area contributed by atoms with Crippen molar-refractivity contribution in [1.82, 2.24) is 5.32 Å². The van der Waals surface area contributed by atoms with E-state index in [1.165, 1.54) is 5.56 Å². The minimum Gasteiger partial charge on any atom is -0.454 e. The Morgan fingerprint density at radius 2 is 2.06 bits per heavy atom. The Kier molecular flexibility index (Phi) is 3.67. The molecule has 0 saturated heterocycles. The van der Waals surface area contributed by atoms with E-state index in [0.29, 0.717) is 12.8 Å². The highest BCUT2D eigenvalue weighted by Crippen LogP contribution is 2.32. The Bertz CT molecular complexity index is 352. The van der Waals surface area contributed by atoms with E-state index >= 15 is 0 Å². The van der Waals surface area contributed by atoms with Crippen molar-refractivity contribution in [3.63, 3.8) is 0 Å². The van der Waals surface area contributed by atoms with Gasteiger partial charge in [-0.15, -0.1) is 0 Å². The number of hydrogen-bond acceptors (Lipinski definition) is 3. The van der Waals surface area contributed by atoms with Crippen LogP contribution in [-0.4, -0.2) is 19.4 Å². The van der Waals surface area contributed by atoms with Crippen LogP contribution in [0.3, 0.4) is 0 Å². The molecular formula is C13H19NO2. The fourth-order valence-corrected chi connectivity index (χ4v) is 2.00. The fraction of sp³-hybridized carbons (Fsp3) is 0.538. The van der Waals surface area contributed by atoms with Crippen LogP contribution in [-0.2, 0) is 6.42 Å². The van der Waals surface area contributed by atoms with Gasteiger partial charge in [-0.3, -0.25) is 0 Å². The van der Waals surface area contributed by atoms with E-state index in [0.717, 1.165) is 30.9 Å². The van der Waals surface area contributed by atoms with Crippen molar-refractivity contribution < 1.29 is 9.47 Å². The summed E-state index contributed by atoms with van der Waals surface area (Å²) in [6.45, 7) is 5.72. The molecule has 1 N–H and O–H groups in total. The van der Waals surface area contributed by atoms with E-state index in [4.69, 9.17) is 9.47 Å². The first-order valence-electron chi connectivity index (χ1n) is 5.95. The zero-order chi connectivity index (χ0) is 11.4. The maximum Gasteiger partial charge on any atom is 0.231 e. The summed E-state index contributed by atoms with van der Waals surface area (Å²) < 4.78 is 10.7. The van der Waals surface area contributed by atoms with Gasteiger partial charge in [0.25, 0.3) is 0 Å². The van der Waals surface area contributed by atoms with Gasteiger partial charge < -0.3 is 14.8 Å². The molecule has 0 aromatic heterocycles. The summed E-state index contributed by atoms with van der Waals surface area (Å²) in [5, 5.41) is 3.48. The molecule has 0 fully saturated rings. The van der Waals surface area contributed by atoms with Crippen LogP contribution in [0.1, 0.15) is 25.8 Å². The van der Waals surface area contributed by atoms with E-state index in [2.05, 4.69) is 31.3 Å². The first kappa shape index (κ1) is 11.3. The number of benzene rings is 1. The molecule has 0 amide bonds. The van der Waals surface area contributed by atoms with Gasteiger partial charge in [-0.2, -0.15) is 0 Å². The average molecular weight is 221 g/mol. The lowest BCUT2D eigenvalue weighted by Gasteiger charge is -2.15. The van der Waals surface area contributed by atoms with Gasteiger partial charge in [0.2, 0.25) is 6.79 Å². The number of nitrogens with one attached hydrogen (secondary N) is 1. The lowest BCUT2D eigenvalue weighted by atomic mass is 10.0. The molecule has 2 rings (SSSR count). The van der Waals surface area contributed by atoms with E-state index in [-0.39, 0.29) is 0 Å². The minimum atomic E-state index is 0.350. The average Bonchev–Trinajstić information content (AvgIpc) is 2.75. The Labute approximate surface area is 96.8 Å². The van der Waals surface area contributed by atoms with Gasteiger partial charge in [0.05, 0.1) is 0 Å². The predicted octanol–water partition coefficient (Wildman–Crippen LogP) is 2.35. The summed E-state index contributed by atoms with van der Waals surface area (Å²) in [5.74, 6) is 1.74. The largest absolute Gasteiger partial charge is 0.454 e. The van der Waals surface area contributed by atoms with Gasteiger partial charge in [0, 0.05) is 6.04 Å². The van der Waals surface area contributed by atoms with Gasteiger partial charge in [0.1, 0.15) is 0 Å². The Morgan fingerprint density at radius 3 is 2.81 bits per heavy atom. The summed E-state index contributed by atoms with van der Waals surface area (Å²) >= 11 is 0. The first-order chi connectivity index (χ1) is 7.83. The Morgan fingerprint density at radius 1 is 1.25 bits per heavy atom. The van der Waals surface area contributed by atoms with Crippen molar-refractivity contribution >= 4 is 0 Å². The first-order valence-corrected chi connectivity index (χ1v) is 5.95. The highest BCUT2D eigenvalue weighted by atomic mass is 16.7. The zero-order valence-corrected chi connectivity index (χ0v) is 9.95. The molecule has 1 heterocycles. The summed E-state index contributed by atoms with van der Waals surface area (Å²) in [4.78, 5) is 0. The zero-order valence-electron chi connectivity index (χ0n) is 9.95. The molecule has 1 aromatic rings. The molecule has 0 saturated carbocycles. The van der Waals surface area contributed by atoms with Crippen molar-refractivity contribution in [2.75, 3.05) is 13.3 Å². The summed E-state index contributed by atoms with van der Waals surface area (Å²) in [6, 6.07) is 6.75. The standard InChI is InChI=1S/C13H19NO2/c1-3-11(14-4-2)7-10-5-6-12-13(8-10)16-9-15-12/h5-6,8,11,14H,3-4,7,9H2,1-2H3/t11-/m1/s1. The second-order valence-corrected chi connectivity index (χ2v) is 4.05. The van der Waals surface area contributed by atoms with Crippen LogP contribution in [0.2, 0.25) is 0 Å². The van der Waals surface area contributed by atoms with E-state index in [1.54, 1.807) is 0 Å². The SMILES string of the molecule is CCN[C@H](CC)Cc1ccc2c(c1)OCO2. The number of likely N-dealkylation sites (N-methyl/N-ethyl adjacent to an activating group) is 1. The topological polar surface area (TPSA) is 30.5 Å². The Balaban J connectivity index is 2.04. The molecular weight excluding hydrogens is 202 g/mol. The van der Waals surface area contributed by atoms with Gasteiger partial charge in [-0.25, -0.2) is 0 Å². The quantitative estimate of drug-likeness (QED) is 0.828. The van der Waals surface area contributed by atoms with Crippen molar-refractivity contribution in [2.45, 2.75) is 32.7 Å². The third-order valence-corrected chi connectivity index (χ3v) is 2.90.